The highest BCUT2D eigenvalue weighted by Crippen LogP contribution is 2.61. The Morgan fingerprint density at radius 2 is 1.96 bits per heavy atom. The standard InChI is InChI=1S/C16H22N3O5P/c1-16(2)23-11-14(24-16)15(25(20,21-3)22-4)19-13(10-17-18-19)12-8-6-5-7-9-12/h5-10,14-15H,11H2,1-4H3/t14?,15-/m1/s1. The molecule has 1 aromatic carbocycles. The first kappa shape index (κ1) is 18.2. The third-order valence-corrected chi connectivity index (χ3v) is 6.31. The molecule has 0 bridgehead atoms. The topological polar surface area (TPSA) is 84.7 Å². The molecular weight excluding hydrogens is 345 g/mol. The summed E-state index contributed by atoms with van der Waals surface area (Å²) in [5.41, 5.74) is 1.57. The SMILES string of the molecule is COP(=O)(OC)[C@H](C1COC(C)(C)O1)n1nncc1-c1ccccc1. The van der Waals surface area contributed by atoms with Gasteiger partial charge in [0.25, 0.3) is 0 Å². The molecule has 136 valence electrons. The van der Waals surface area contributed by atoms with Crippen molar-refractivity contribution in [3.63, 3.8) is 0 Å². The Labute approximate surface area is 146 Å². The molecule has 0 spiro atoms. The van der Waals surface area contributed by atoms with Crippen molar-refractivity contribution in [3.8, 4) is 11.3 Å². The van der Waals surface area contributed by atoms with E-state index in [1.54, 1.807) is 24.7 Å². The second-order valence-corrected chi connectivity index (χ2v) is 8.45. The number of nitrogens with zero attached hydrogens (tertiary/aromatic N) is 3. The number of benzene rings is 1. The molecule has 0 radical (unpaired) electrons. The predicted octanol–water partition coefficient (Wildman–Crippen LogP) is 3.08. The van der Waals surface area contributed by atoms with Gasteiger partial charge in [0, 0.05) is 19.8 Å². The molecule has 1 aliphatic rings. The van der Waals surface area contributed by atoms with Crippen LogP contribution in [0.3, 0.4) is 0 Å². The minimum absolute atomic E-state index is 0.239. The molecule has 1 fully saturated rings. The maximum atomic E-state index is 13.3. The van der Waals surface area contributed by atoms with Crippen molar-refractivity contribution in [1.82, 2.24) is 15.0 Å². The maximum absolute atomic E-state index is 13.3. The summed E-state index contributed by atoms with van der Waals surface area (Å²) in [5.74, 6) is -1.62. The highest BCUT2D eigenvalue weighted by atomic mass is 31.2. The van der Waals surface area contributed by atoms with Gasteiger partial charge in [-0.05, 0) is 13.8 Å². The number of hydrogen-bond donors (Lipinski definition) is 0. The van der Waals surface area contributed by atoms with Gasteiger partial charge in [0.1, 0.15) is 6.10 Å². The van der Waals surface area contributed by atoms with Crippen LogP contribution in [0, 0.1) is 0 Å². The molecule has 0 N–H and O–H groups in total. The molecule has 2 heterocycles. The van der Waals surface area contributed by atoms with Gasteiger partial charge in [-0.1, -0.05) is 35.5 Å². The summed E-state index contributed by atoms with van der Waals surface area (Å²) in [6, 6.07) is 9.58. The van der Waals surface area contributed by atoms with Gasteiger partial charge in [0.15, 0.2) is 11.6 Å². The van der Waals surface area contributed by atoms with E-state index in [1.165, 1.54) is 14.2 Å². The normalized spacial score (nSPS) is 21.4. The Morgan fingerprint density at radius 1 is 1.28 bits per heavy atom. The number of hydrogen-bond acceptors (Lipinski definition) is 7. The van der Waals surface area contributed by atoms with E-state index in [1.807, 2.05) is 30.3 Å². The molecule has 2 aromatic rings. The summed E-state index contributed by atoms with van der Waals surface area (Å²) in [6.45, 7) is 3.84. The number of aromatic nitrogens is 3. The minimum atomic E-state index is -3.58. The van der Waals surface area contributed by atoms with Gasteiger partial charge in [-0.15, -0.1) is 5.10 Å². The average Bonchev–Trinajstić information content (AvgIpc) is 3.22. The van der Waals surface area contributed by atoms with Crippen molar-refractivity contribution >= 4 is 7.60 Å². The van der Waals surface area contributed by atoms with E-state index in [2.05, 4.69) is 10.3 Å². The molecule has 0 amide bonds. The van der Waals surface area contributed by atoms with Gasteiger partial charge in [-0.25, -0.2) is 4.68 Å². The van der Waals surface area contributed by atoms with Gasteiger partial charge in [0.05, 0.1) is 18.5 Å². The van der Waals surface area contributed by atoms with Crippen LogP contribution in [0.5, 0.6) is 0 Å². The summed E-state index contributed by atoms with van der Waals surface area (Å²) < 4.78 is 36.9. The zero-order valence-electron chi connectivity index (χ0n) is 14.7. The molecule has 8 nitrogen and oxygen atoms in total. The van der Waals surface area contributed by atoms with Crippen molar-refractivity contribution in [3.05, 3.63) is 36.5 Å². The molecular formula is C16H22N3O5P. The molecule has 3 rings (SSSR count). The first-order valence-corrected chi connectivity index (χ1v) is 9.50. The van der Waals surface area contributed by atoms with Gasteiger partial charge < -0.3 is 18.5 Å². The molecule has 1 saturated heterocycles. The lowest BCUT2D eigenvalue weighted by molar-refractivity contribution is -0.141. The van der Waals surface area contributed by atoms with Gasteiger partial charge in [-0.2, -0.15) is 0 Å². The van der Waals surface area contributed by atoms with Crippen molar-refractivity contribution in [2.45, 2.75) is 31.5 Å². The number of rotatable bonds is 6. The van der Waals surface area contributed by atoms with Crippen molar-refractivity contribution in [2.24, 2.45) is 0 Å². The summed E-state index contributed by atoms with van der Waals surface area (Å²) in [4.78, 5) is 0. The Kier molecular flexibility index (Phi) is 5.09. The van der Waals surface area contributed by atoms with Crippen LogP contribution in [0.25, 0.3) is 11.3 Å². The minimum Gasteiger partial charge on any atom is -0.348 e. The molecule has 1 unspecified atom stereocenters. The van der Waals surface area contributed by atoms with Crippen molar-refractivity contribution in [2.75, 3.05) is 20.8 Å². The monoisotopic (exact) mass is 367 g/mol. The fourth-order valence-corrected chi connectivity index (χ4v) is 4.48. The third kappa shape index (κ3) is 3.54. The molecule has 25 heavy (non-hydrogen) atoms. The molecule has 9 heteroatoms. The van der Waals surface area contributed by atoms with Crippen LogP contribution < -0.4 is 0 Å². The Morgan fingerprint density at radius 3 is 2.52 bits per heavy atom. The van der Waals surface area contributed by atoms with Crippen LogP contribution in [0.4, 0.5) is 0 Å². The number of ether oxygens (including phenoxy) is 2. The van der Waals surface area contributed by atoms with Gasteiger partial charge in [-0.3, -0.25) is 4.57 Å². The Bertz CT molecular complexity index is 756. The summed E-state index contributed by atoms with van der Waals surface area (Å²) in [6.07, 6.45) is 1.05. The second kappa shape index (κ2) is 6.97. The molecule has 0 aliphatic carbocycles. The van der Waals surface area contributed by atoms with Crippen LogP contribution in [0.1, 0.15) is 19.6 Å². The van der Waals surface area contributed by atoms with Crippen LogP contribution in [0.2, 0.25) is 0 Å². The molecule has 1 aromatic heterocycles. The van der Waals surface area contributed by atoms with Gasteiger partial charge >= 0.3 is 7.60 Å². The van der Waals surface area contributed by atoms with E-state index < -0.39 is 25.3 Å². The quantitative estimate of drug-likeness (QED) is 0.725. The van der Waals surface area contributed by atoms with Crippen LogP contribution in [-0.2, 0) is 23.1 Å². The van der Waals surface area contributed by atoms with Gasteiger partial charge in [0.2, 0.25) is 0 Å². The van der Waals surface area contributed by atoms with Crippen LogP contribution >= 0.6 is 7.60 Å². The smallest absolute Gasteiger partial charge is 0.348 e. The van der Waals surface area contributed by atoms with E-state index in [0.29, 0.717) is 5.69 Å². The molecule has 0 saturated carbocycles. The lowest BCUT2D eigenvalue weighted by Crippen LogP contribution is -2.31. The van der Waals surface area contributed by atoms with Crippen molar-refractivity contribution in [1.29, 1.82) is 0 Å². The van der Waals surface area contributed by atoms with E-state index in [9.17, 15) is 4.57 Å². The van der Waals surface area contributed by atoms with E-state index >= 15 is 0 Å². The van der Waals surface area contributed by atoms with Crippen LogP contribution in [-0.4, -0.2) is 47.7 Å². The van der Waals surface area contributed by atoms with E-state index in [-0.39, 0.29) is 6.61 Å². The highest BCUT2D eigenvalue weighted by Gasteiger charge is 2.49. The zero-order valence-corrected chi connectivity index (χ0v) is 15.6. The summed E-state index contributed by atoms with van der Waals surface area (Å²) >= 11 is 0. The highest BCUT2D eigenvalue weighted by molar-refractivity contribution is 7.54. The summed E-state index contributed by atoms with van der Waals surface area (Å²) in [7, 11) is -0.888. The maximum Gasteiger partial charge on any atom is 0.357 e. The first-order valence-electron chi connectivity index (χ1n) is 7.89. The lowest BCUT2D eigenvalue weighted by atomic mass is 10.1. The Hall–Kier alpha value is -1.57. The fourth-order valence-electron chi connectivity index (χ4n) is 2.90. The molecule has 2 atom stereocenters. The largest absolute Gasteiger partial charge is 0.357 e. The first-order chi connectivity index (χ1) is 11.9. The fraction of sp³-hybridized carbons (Fsp3) is 0.500. The average molecular weight is 367 g/mol. The van der Waals surface area contributed by atoms with E-state index in [0.717, 1.165) is 5.56 Å². The van der Waals surface area contributed by atoms with Crippen molar-refractivity contribution < 1.29 is 23.1 Å². The van der Waals surface area contributed by atoms with E-state index in [4.69, 9.17) is 18.5 Å². The second-order valence-electron chi connectivity index (χ2n) is 6.12. The lowest BCUT2D eigenvalue weighted by Gasteiger charge is -2.29. The zero-order chi connectivity index (χ0) is 18.1. The third-order valence-electron chi connectivity index (χ3n) is 4.09. The van der Waals surface area contributed by atoms with Crippen LogP contribution in [0.15, 0.2) is 36.5 Å². The summed E-state index contributed by atoms with van der Waals surface area (Å²) in [5, 5.41) is 8.14. The Balaban J connectivity index is 2.08. The predicted molar refractivity (Wildman–Crippen MR) is 91.0 cm³/mol. The molecule has 1 aliphatic heterocycles.